The van der Waals surface area contributed by atoms with Crippen molar-refractivity contribution in [3.63, 3.8) is 0 Å². The van der Waals surface area contributed by atoms with E-state index in [2.05, 4.69) is 4.98 Å². The van der Waals surface area contributed by atoms with Crippen LogP contribution in [0.3, 0.4) is 0 Å². The van der Waals surface area contributed by atoms with E-state index in [1.165, 1.54) is 23.9 Å². The number of benzene rings is 3. The van der Waals surface area contributed by atoms with Crippen molar-refractivity contribution < 1.29 is 13.9 Å². The Morgan fingerprint density at radius 1 is 1.00 bits per heavy atom. The van der Waals surface area contributed by atoms with Gasteiger partial charge in [-0.3, -0.25) is 9.69 Å². The molecule has 1 aliphatic rings. The summed E-state index contributed by atoms with van der Waals surface area (Å²) in [4.78, 5) is 20.7. The van der Waals surface area contributed by atoms with E-state index in [1.54, 1.807) is 30.3 Å². The number of rotatable bonds is 4. The van der Waals surface area contributed by atoms with Crippen LogP contribution >= 0.6 is 11.8 Å². The minimum Gasteiger partial charge on any atom is -0.481 e. The third-order valence-corrected chi connectivity index (χ3v) is 6.69. The monoisotopic (exact) mass is 442 g/mol. The van der Waals surface area contributed by atoms with Gasteiger partial charge in [-0.15, -0.1) is 0 Å². The van der Waals surface area contributed by atoms with Crippen LogP contribution in [-0.4, -0.2) is 22.9 Å². The third kappa shape index (κ3) is 3.63. The molecule has 0 saturated heterocycles. The lowest BCUT2D eigenvalue weighted by molar-refractivity contribution is 0.0814. The average molecular weight is 443 g/mol. The van der Waals surface area contributed by atoms with Crippen LogP contribution in [0, 0.1) is 5.82 Å². The van der Waals surface area contributed by atoms with E-state index in [0.29, 0.717) is 11.4 Å². The number of carbonyl (C=O) groups excluding carboxylic acids is 1. The molecule has 4 aromatic rings. The Balaban J connectivity index is 1.62. The van der Waals surface area contributed by atoms with Gasteiger partial charge in [0.1, 0.15) is 11.2 Å². The van der Waals surface area contributed by atoms with Crippen LogP contribution in [0.5, 0.6) is 5.88 Å². The Labute approximate surface area is 189 Å². The predicted octanol–water partition coefficient (Wildman–Crippen LogP) is 6.27. The smallest absolute Gasteiger partial charge is 0.259 e. The molecule has 5 rings (SSSR count). The normalized spacial score (nSPS) is 15.6. The molecule has 1 aromatic heterocycles. The van der Waals surface area contributed by atoms with E-state index >= 15 is 0 Å². The first kappa shape index (κ1) is 20.3. The van der Waals surface area contributed by atoms with Crippen LogP contribution in [0.4, 0.5) is 4.39 Å². The zero-order valence-electron chi connectivity index (χ0n) is 17.2. The van der Waals surface area contributed by atoms with Crippen molar-refractivity contribution in [3.8, 4) is 5.88 Å². The number of hydrogen-bond donors (Lipinski definition) is 0. The van der Waals surface area contributed by atoms with Crippen molar-refractivity contribution in [1.82, 2.24) is 9.88 Å². The van der Waals surface area contributed by atoms with E-state index in [-0.39, 0.29) is 17.1 Å². The first-order chi connectivity index (χ1) is 15.7. The molecule has 0 spiro atoms. The van der Waals surface area contributed by atoms with Gasteiger partial charge in [-0.25, -0.2) is 9.37 Å². The number of carbonyl (C=O) groups is 1. The molecular formula is C26H19FN2O2S. The molecule has 0 aliphatic carbocycles. The highest BCUT2D eigenvalue weighted by atomic mass is 32.2. The standard InChI is InChI=1S/C26H19FN2O2S/c1-31-24-22(10-5-15-28-24)26-29(16-23(32-26)18-11-13-19(27)14-12-18)25(30)21-9-4-7-17-6-2-3-8-20(17)21/h2-16,26H,1H3. The highest BCUT2D eigenvalue weighted by molar-refractivity contribution is 8.08. The van der Waals surface area contributed by atoms with Gasteiger partial charge < -0.3 is 4.74 Å². The second kappa shape index (κ2) is 8.48. The minimum absolute atomic E-state index is 0.123. The summed E-state index contributed by atoms with van der Waals surface area (Å²) in [5.41, 5.74) is 2.26. The summed E-state index contributed by atoms with van der Waals surface area (Å²) in [6.45, 7) is 0. The van der Waals surface area contributed by atoms with Crippen LogP contribution in [0.1, 0.15) is 26.9 Å². The maximum atomic E-state index is 13.8. The van der Waals surface area contributed by atoms with Crippen LogP contribution < -0.4 is 4.74 Å². The molecule has 1 unspecified atom stereocenters. The summed E-state index contributed by atoms with van der Waals surface area (Å²) >= 11 is 1.51. The van der Waals surface area contributed by atoms with Crippen molar-refractivity contribution >= 4 is 33.3 Å². The van der Waals surface area contributed by atoms with E-state index in [4.69, 9.17) is 4.74 Å². The molecule has 1 atom stereocenters. The maximum Gasteiger partial charge on any atom is 0.259 e. The van der Waals surface area contributed by atoms with Gasteiger partial charge in [0, 0.05) is 28.4 Å². The van der Waals surface area contributed by atoms with Crippen LogP contribution in [-0.2, 0) is 0 Å². The molecule has 158 valence electrons. The molecule has 6 heteroatoms. The quantitative estimate of drug-likeness (QED) is 0.374. The lowest BCUT2D eigenvalue weighted by Gasteiger charge is -2.24. The number of pyridine rings is 1. The Morgan fingerprint density at radius 3 is 2.59 bits per heavy atom. The first-order valence-corrected chi connectivity index (χ1v) is 11.0. The van der Waals surface area contributed by atoms with Crippen molar-refractivity contribution in [3.05, 3.63) is 114 Å². The molecule has 0 N–H and O–H groups in total. The average Bonchev–Trinajstić information content (AvgIpc) is 3.29. The van der Waals surface area contributed by atoms with Crippen LogP contribution in [0.25, 0.3) is 15.7 Å². The molecule has 0 saturated carbocycles. The Kier molecular flexibility index (Phi) is 5.37. The molecule has 0 bridgehead atoms. The summed E-state index contributed by atoms with van der Waals surface area (Å²) in [6.07, 6.45) is 3.49. The maximum absolute atomic E-state index is 13.8. The second-order valence-electron chi connectivity index (χ2n) is 7.31. The van der Waals surface area contributed by atoms with Crippen molar-refractivity contribution in [1.29, 1.82) is 0 Å². The number of ether oxygens (including phenoxy) is 1. The SMILES string of the molecule is COc1ncccc1C1SC(c2ccc(F)cc2)=CN1C(=O)c1cccc2ccccc12. The van der Waals surface area contributed by atoms with E-state index in [1.807, 2.05) is 60.8 Å². The number of methoxy groups -OCH3 is 1. The number of halogens is 1. The molecule has 0 fully saturated rings. The van der Waals surface area contributed by atoms with Gasteiger partial charge in [0.05, 0.1) is 7.11 Å². The van der Waals surface area contributed by atoms with Gasteiger partial charge in [-0.1, -0.05) is 60.3 Å². The number of nitrogens with zero attached hydrogens (tertiary/aromatic N) is 2. The Morgan fingerprint density at radius 2 is 1.78 bits per heavy atom. The number of fused-ring (bicyclic) bond motifs is 1. The van der Waals surface area contributed by atoms with E-state index in [9.17, 15) is 9.18 Å². The number of aromatic nitrogens is 1. The lowest BCUT2D eigenvalue weighted by Crippen LogP contribution is -2.26. The van der Waals surface area contributed by atoms with E-state index in [0.717, 1.165) is 26.8 Å². The molecule has 32 heavy (non-hydrogen) atoms. The summed E-state index contributed by atoms with van der Waals surface area (Å²) < 4.78 is 19.0. The lowest BCUT2D eigenvalue weighted by atomic mass is 10.0. The molecule has 4 nitrogen and oxygen atoms in total. The largest absolute Gasteiger partial charge is 0.481 e. The van der Waals surface area contributed by atoms with Gasteiger partial charge in [-0.2, -0.15) is 0 Å². The van der Waals surface area contributed by atoms with Crippen molar-refractivity contribution in [2.24, 2.45) is 0 Å². The van der Waals surface area contributed by atoms with Gasteiger partial charge in [0.15, 0.2) is 0 Å². The molecule has 2 heterocycles. The summed E-state index contributed by atoms with van der Waals surface area (Å²) in [6, 6.07) is 23.6. The fourth-order valence-electron chi connectivity index (χ4n) is 3.85. The highest BCUT2D eigenvalue weighted by Crippen LogP contribution is 2.50. The number of amides is 1. The summed E-state index contributed by atoms with van der Waals surface area (Å²) in [5.74, 6) is 0.0447. The predicted molar refractivity (Wildman–Crippen MR) is 126 cm³/mol. The van der Waals surface area contributed by atoms with E-state index < -0.39 is 0 Å². The molecule has 0 radical (unpaired) electrons. The molecule has 1 aliphatic heterocycles. The van der Waals surface area contributed by atoms with Gasteiger partial charge in [0.2, 0.25) is 5.88 Å². The molecule has 3 aromatic carbocycles. The van der Waals surface area contributed by atoms with Gasteiger partial charge >= 0.3 is 0 Å². The highest BCUT2D eigenvalue weighted by Gasteiger charge is 2.35. The fraction of sp³-hybridized carbons (Fsp3) is 0.0769. The topological polar surface area (TPSA) is 42.4 Å². The van der Waals surface area contributed by atoms with Gasteiger partial charge in [0.25, 0.3) is 5.91 Å². The zero-order chi connectivity index (χ0) is 22.1. The first-order valence-electron chi connectivity index (χ1n) is 10.1. The molecular weight excluding hydrogens is 423 g/mol. The van der Waals surface area contributed by atoms with Crippen molar-refractivity contribution in [2.45, 2.75) is 5.37 Å². The van der Waals surface area contributed by atoms with Crippen LogP contribution in [0.15, 0.2) is 91.3 Å². The summed E-state index contributed by atoms with van der Waals surface area (Å²) in [7, 11) is 1.57. The zero-order valence-corrected chi connectivity index (χ0v) is 18.1. The third-order valence-electron chi connectivity index (χ3n) is 5.39. The fourth-order valence-corrected chi connectivity index (χ4v) is 5.11. The number of hydrogen-bond acceptors (Lipinski definition) is 4. The molecule has 1 amide bonds. The van der Waals surface area contributed by atoms with Crippen molar-refractivity contribution in [2.75, 3.05) is 7.11 Å². The Bertz CT molecular complexity index is 1330. The Hall–Kier alpha value is -3.64. The number of thioether (sulfide) groups is 1. The second-order valence-corrected chi connectivity index (χ2v) is 8.43. The van der Waals surface area contributed by atoms with Crippen LogP contribution in [0.2, 0.25) is 0 Å². The summed E-state index contributed by atoms with van der Waals surface area (Å²) in [5, 5.41) is 1.53. The van der Waals surface area contributed by atoms with Gasteiger partial charge in [-0.05, 0) is 46.7 Å². The minimum atomic E-state index is -0.370.